The van der Waals surface area contributed by atoms with Crippen LogP contribution in [-0.2, 0) is 0 Å². The molecule has 1 N–H and O–H groups in total. The molecule has 37 heavy (non-hydrogen) atoms. The second-order valence-electron chi connectivity index (χ2n) is 8.14. The van der Waals surface area contributed by atoms with Crippen LogP contribution in [0, 0.1) is 17.5 Å². The van der Waals surface area contributed by atoms with Crippen molar-refractivity contribution in [1.82, 2.24) is 14.2 Å². The van der Waals surface area contributed by atoms with E-state index in [9.17, 15) is 18.4 Å². The maximum atomic E-state index is 15.3. The number of benzene rings is 3. The highest BCUT2D eigenvalue weighted by Gasteiger charge is 2.24. The molecular weight excluding hydrogens is 485 g/mol. The Bertz CT molecular complexity index is 1660. The van der Waals surface area contributed by atoms with Gasteiger partial charge in [0.25, 0.3) is 5.91 Å². The van der Waals surface area contributed by atoms with Gasteiger partial charge in [-0.3, -0.25) is 4.79 Å². The van der Waals surface area contributed by atoms with Crippen molar-refractivity contribution < 1.29 is 22.7 Å². The number of nitrogens with one attached hydrogen (secondary N) is 1. The van der Waals surface area contributed by atoms with E-state index in [1.807, 2.05) is 6.07 Å². The Hall–Kier alpha value is -4.86. The summed E-state index contributed by atoms with van der Waals surface area (Å²) in [5.74, 6) is -4.09. The highest BCUT2D eigenvalue weighted by molar-refractivity contribution is 6.06. The van der Waals surface area contributed by atoms with Gasteiger partial charge in [-0.25, -0.2) is 22.4 Å². The van der Waals surface area contributed by atoms with Crippen LogP contribution in [0.5, 0.6) is 5.75 Å². The molecule has 5 rings (SSSR count). The molecule has 2 aromatic heterocycles. The number of carbonyl (C=O) groups excluding carboxylic acids is 1. The molecule has 2 heterocycles. The molecule has 1 amide bonds. The smallest absolute Gasteiger partial charge is 0.355 e. The molecule has 186 valence electrons. The molecule has 0 aliphatic heterocycles. The van der Waals surface area contributed by atoms with Crippen LogP contribution in [0.3, 0.4) is 0 Å². The Balaban J connectivity index is 1.62. The summed E-state index contributed by atoms with van der Waals surface area (Å²) in [5, 5.41) is 6.30. The zero-order valence-electron chi connectivity index (χ0n) is 19.4. The Kier molecular flexibility index (Phi) is 6.22. The van der Waals surface area contributed by atoms with Crippen molar-refractivity contribution in [2.45, 2.75) is 13.0 Å². The second-order valence-corrected chi connectivity index (χ2v) is 8.14. The molecule has 3 aromatic carbocycles. The van der Waals surface area contributed by atoms with Gasteiger partial charge < -0.3 is 10.1 Å². The maximum absolute atomic E-state index is 15.3. The average Bonchev–Trinajstić information content (AvgIpc) is 3.23. The monoisotopic (exact) mass is 504 g/mol. The number of rotatable bonds is 6. The Labute approximate surface area is 208 Å². The minimum atomic E-state index is -1.01. The van der Waals surface area contributed by atoms with Crippen molar-refractivity contribution >= 4 is 17.2 Å². The molecule has 0 unspecified atom stereocenters. The van der Waals surface area contributed by atoms with Crippen molar-refractivity contribution in [3.8, 4) is 11.4 Å². The summed E-state index contributed by atoms with van der Waals surface area (Å²) in [6.45, 7) is 1.72. The van der Waals surface area contributed by atoms with Crippen LogP contribution >= 0.6 is 0 Å². The molecule has 0 aliphatic carbocycles. The summed E-state index contributed by atoms with van der Waals surface area (Å²) in [6.07, 6.45) is 0.882. The van der Waals surface area contributed by atoms with Crippen LogP contribution in [0.25, 0.3) is 11.3 Å². The first-order chi connectivity index (χ1) is 17.8. The third kappa shape index (κ3) is 4.56. The maximum Gasteiger partial charge on any atom is 0.355 e. The minimum absolute atomic E-state index is 0.119. The highest BCUT2D eigenvalue weighted by atomic mass is 19.1. The lowest BCUT2D eigenvalue weighted by molar-refractivity contribution is 0.101. The number of halogens is 3. The number of nitrogens with zero attached hydrogens (tertiary/aromatic N) is 3. The third-order valence-electron chi connectivity index (χ3n) is 5.72. The molecule has 1 atom stereocenters. The van der Waals surface area contributed by atoms with E-state index in [0.29, 0.717) is 0 Å². The zero-order chi connectivity index (χ0) is 26.1. The molecule has 0 spiro atoms. The van der Waals surface area contributed by atoms with Crippen molar-refractivity contribution in [3.63, 3.8) is 0 Å². The molecule has 0 bridgehead atoms. The predicted molar refractivity (Wildman–Crippen MR) is 131 cm³/mol. The first-order valence-electron chi connectivity index (χ1n) is 11.2. The topological polar surface area (TPSA) is 77.6 Å². The van der Waals surface area contributed by atoms with E-state index in [4.69, 9.17) is 4.74 Å². The number of anilines is 1. The first kappa shape index (κ1) is 23.9. The molecule has 0 saturated carbocycles. The van der Waals surface area contributed by atoms with Gasteiger partial charge in [0.2, 0.25) is 0 Å². The lowest BCUT2D eigenvalue weighted by Gasteiger charge is -2.19. The molecule has 0 aliphatic rings. The summed E-state index contributed by atoms with van der Waals surface area (Å²) in [7, 11) is 0. The number of hydrogen-bond donors (Lipinski definition) is 1. The van der Waals surface area contributed by atoms with Gasteiger partial charge in [-0.1, -0.05) is 42.5 Å². The fourth-order valence-corrected chi connectivity index (χ4v) is 3.84. The largest absolute Gasteiger partial charge is 0.485 e. The van der Waals surface area contributed by atoms with Crippen LogP contribution in [0.15, 0.2) is 89.9 Å². The zero-order valence-corrected chi connectivity index (χ0v) is 19.4. The fraction of sp³-hybridized carbons (Fsp3) is 0.0741. The van der Waals surface area contributed by atoms with E-state index in [0.717, 1.165) is 40.6 Å². The summed E-state index contributed by atoms with van der Waals surface area (Å²) in [4.78, 5) is 26.0. The Morgan fingerprint density at radius 1 is 0.919 bits per heavy atom. The van der Waals surface area contributed by atoms with Crippen LogP contribution in [-0.4, -0.2) is 20.1 Å². The van der Waals surface area contributed by atoms with Gasteiger partial charge in [0.1, 0.15) is 40.7 Å². The second kappa shape index (κ2) is 9.65. The van der Waals surface area contributed by atoms with E-state index in [2.05, 4.69) is 10.4 Å². The standard InChI is InChI=1S/C27H19F3N4O3/c1-16(17-8-3-2-4-9-17)37-23-15-22(34-27(36)33-13-6-5-12-24(33)32-34)21(30)14-18(23)26(35)31-25-19(28)10-7-11-20(25)29/h2-16H,1H3,(H,31,35)/t16-/m0/s1. The average molecular weight is 504 g/mol. The molecule has 5 aromatic rings. The molecule has 0 fully saturated rings. The van der Waals surface area contributed by atoms with Gasteiger partial charge >= 0.3 is 5.69 Å². The number of amides is 1. The summed E-state index contributed by atoms with van der Waals surface area (Å²) in [5.41, 5.74) is -0.882. The number of pyridine rings is 1. The van der Waals surface area contributed by atoms with Gasteiger partial charge in [0.05, 0.1) is 5.56 Å². The predicted octanol–water partition coefficient (Wildman–Crippen LogP) is 5.29. The third-order valence-corrected chi connectivity index (χ3v) is 5.72. The van der Waals surface area contributed by atoms with Crippen LogP contribution in [0.2, 0.25) is 0 Å². The van der Waals surface area contributed by atoms with Crippen molar-refractivity contribution in [2.24, 2.45) is 0 Å². The number of fused-ring (bicyclic) bond motifs is 1. The first-order valence-corrected chi connectivity index (χ1v) is 11.2. The Morgan fingerprint density at radius 2 is 1.62 bits per heavy atom. The van der Waals surface area contributed by atoms with Gasteiger partial charge in [-0.2, -0.15) is 4.68 Å². The van der Waals surface area contributed by atoms with Crippen molar-refractivity contribution in [2.75, 3.05) is 5.32 Å². The minimum Gasteiger partial charge on any atom is -0.485 e. The SMILES string of the molecule is C[C@H](Oc1cc(-n2nc3ccccn3c2=O)c(F)cc1C(=O)Nc1c(F)cccc1F)c1ccccc1. The van der Waals surface area contributed by atoms with Gasteiger partial charge in [-0.15, -0.1) is 5.10 Å². The van der Waals surface area contributed by atoms with Gasteiger partial charge in [0, 0.05) is 12.3 Å². The lowest BCUT2D eigenvalue weighted by atomic mass is 10.1. The molecule has 10 heteroatoms. The number of aromatic nitrogens is 3. The van der Waals surface area contributed by atoms with Crippen molar-refractivity contribution in [1.29, 1.82) is 0 Å². The highest BCUT2D eigenvalue weighted by Crippen LogP contribution is 2.31. The van der Waals surface area contributed by atoms with Crippen LogP contribution in [0.1, 0.15) is 28.9 Å². The summed E-state index contributed by atoms with van der Waals surface area (Å²) < 4.78 is 51.8. The summed E-state index contributed by atoms with van der Waals surface area (Å²) in [6, 6.07) is 19.0. The van der Waals surface area contributed by atoms with E-state index in [1.54, 1.807) is 49.4 Å². The molecule has 0 radical (unpaired) electrons. The van der Waals surface area contributed by atoms with E-state index in [-0.39, 0.29) is 22.6 Å². The van der Waals surface area contributed by atoms with Crippen LogP contribution in [0.4, 0.5) is 18.9 Å². The van der Waals surface area contributed by atoms with Crippen molar-refractivity contribution in [3.05, 3.63) is 124 Å². The molecule has 0 saturated heterocycles. The van der Waals surface area contributed by atoms with E-state index < -0.39 is 40.8 Å². The van der Waals surface area contributed by atoms with Gasteiger partial charge in [0.15, 0.2) is 5.65 Å². The number of para-hydroxylation sites is 1. The normalized spacial score (nSPS) is 11.9. The summed E-state index contributed by atoms with van der Waals surface area (Å²) >= 11 is 0. The van der Waals surface area contributed by atoms with E-state index in [1.165, 1.54) is 10.6 Å². The fourth-order valence-electron chi connectivity index (χ4n) is 3.84. The molecule has 7 nitrogen and oxygen atoms in total. The number of hydrogen-bond acceptors (Lipinski definition) is 4. The number of ether oxygens (including phenoxy) is 1. The van der Waals surface area contributed by atoms with E-state index >= 15 is 4.39 Å². The Morgan fingerprint density at radius 3 is 2.32 bits per heavy atom. The van der Waals surface area contributed by atoms with Gasteiger partial charge in [-0.05, 0) is 42.8 Å². The quantitative estimate of drug-likeness (QED) is 0.341. The number of carbonyl (C=O) groups is 1. The molecular formula is C27H19F3N4O3. The van der Waals surface area contributed by atoms with Crippen LogP contribution < -0.4 is 15.7 Å². The lowest BCUT2D eigenvalue weighted by Crippen LogP contribution is -2.22.